The number of nitrogens with zero attached hydrogens (tertiary/aromatic N) is 2. The van der Waals surface area contributed by atoms with Crippen molar-refractivity contribution in [2.75, 3.05) is 12.3 Å². The number of aromatic nitrogens is 1. The van der Waals surface area contributed by atoms with Gasteiger partial charge in [-0.05, 0) is 38.4 Å². The summed E-state index contributed by atoms with van der Waals surface area (Å²) in [7, 11) is 0. The zero-order chi connectivity index (χ0) is 12.7. The maximum atomic E-state index is 5.95. The fraction of sp³-hybridized carbons (Fsp3) is 0.643. The molecule has 0 aromatic carbocycles. The first-order valence-corrected chi connectivity index (χ1v) is 6.62. The van der Waals surface area contributed by atoms with Crippen LogP contribution in [0.2, 0.25) is 0 Å². The molecule has 1 atom stereocenters. The van der Waals surface area contributed by atoms with Gasteiger partial charge in [0, 0.05) is 18.8 Å². The predicted molar refractivity (Wildman–Crippen MR) is 73.7 cm³/mol. The van der Waals surface area contributed by atoms with E-state index in [0.717, 1.165) is 30.9 Å². The van der Waals surface area contributed by atoms with E-state index < -0.39 is 0 Å². The van der Waals surface area contributed by atoms with Crippen molar-refractivity contribution in [3.05, 3.63) is 24.0 Å². The number of nitrogen functional groups attached to an aromatic ring is 1. The summed E-state index contributed by atoms with van der Waals surface area (Å²) in [5, 5.41) is 0. The number of rotatable bonds is 7. The summed E-state index contributed by atoms with van der Waals surface area (Å²) in [5.41, 5.74) is 7.76. The van der Waals surface area contributed by atoms with Crippen LogP contribution in [-0.4, -0.2) is 22.5 Å². The van der Waals surface area contributed by atoms with Crippen LogP contribution < -0.4 is 5.73 Å². The second kappa shape index (κ2) is 7.28. The zero-order valence-corrected chi connectivity index (χ0v) is 11.3. The molecule has 0 aliphatic carbocycles. The highest BCUT2D eigenvalue weighted by Gasteiger charge is 2.13. The van der Waals surface area contributed by atoms with E-state index in [0.29, 0.717) is 6.04 Å². The molecular formula is C14H25N3. The molecule has 96 valence electrons. The highest BCUT2D eigenvalue weighted by Crippen LogP contribution is 2.14. The molecule has 0 radical (unpaired) electrons. The molecule has 1 rings (SSSR count). The Hall–Kier alpha value is -1.09. The fourth-order valence-electron chi connectivity index (χ4n) is 1.85. The minimum Gasteiger partial charge on any atom is -0.397 e. The number of hydrogen-bond acceptors (Lipinski definition) is 3. The summed E-state index contributed by atoms with van der Waals surface area (Å²) in [6, 6.07) is 4.40. The van der Waals surface area contributed by atoms with E-state index in [9.17, 15) is 0 Å². The molecule has 0 amide bonds. The summed E-state index contributed by atoms with van der Waals surface area (Å²) in [4.78, 5) is 6.85. The van der Waals surface area contributed by atoms with Crippen LogP contribution in [0, 0.1) is 0 Å². The van der Waals surface area contributed by atoms with Crippen LogP contribution in [0.5, 0.6) is 0 Å². The molecule has 0 bridgehead atoms. The van der Waals surface area contributed by atoms with Gasteiger partial charge in [0.15, 0.2) is 0 Å². The van der Waals surface area contributed by atoms with Crippen LogP contribution in [-0.2, 0) is 6.54 Å². The average Bonchev–Trinajstić information content (AvgIpc) is 2.35. The molecule has 0 saturated heterocycles. The number of pyridine rings is 1. The normalized spacial score (nSPS) is 12.9. The van der Waals surface area contributed by atoms with Gasteiger partial charge in [-0.15, -0.1) is 0 Å². The Morgan fingerprint density at radius 2 is 2.18 bits per heavy atom. The van der Waals surface area contributed by atoms with Gasteiger partial charge in [0.1, 0.15) is 0 Å². The summed E-state index contributed by atoms with van der Waals surface area (Å²) < 4.78 is 0. The summed E-state index contributed by atoms with van der Waals surface area (Å²) >= 11 is 0. The Bertz CT molecular complexity index is 325. The van der Waals surface area contributed by atoms with E-state index in [4.69, 9.17) is 5.73 Å². The maximum absolute atomic E-state index is 5.95. The van der Waals surface area contributed by atoms with Crippen molar-refractivity contribution in [2.24, 2.45) is 0 Å². The predicted octanol–water partition coefficient (Wildman–Crippen LogP) is 3.06. The van der Waals surface area contributed by atoms with Crippen molar-refractivity contribution >= 4 is 5.69 Å². The molecule has 3 heteroatoms. The molecule has 0 saturated carbocycles. The number of nitrogens with two attached hydrogens (primary N) is 1. The monoisotopic (exact) mass is 235 g/mol. The summed E-state index contributed by atoms with van der Waals surface area (Å²) in [6.45, 7) is 8.72. The first-order valence-electron chi connectivity index (χ1n) is 6.62. The Kier molecular flexibility index (Phi) is 5.98. The molecule has 1 aromatic rings. The van der Waals surface area contributed by atoms with Crippen LogP contribution in [0.15, 0.2) is 18.3 Å². The molecule has 2 N–H and O–H groups in total. The molecule has 3 nitrogen and oxygen atoms in total. The highest BCUT2D eigenvalue weighted by molar-refractivity contribution is 5.41. The van der Waals surface area contributed by atoms with Crippen molar-refractivity contribution in [2.45, 2.75) is 52.6 Å². The van der Waals surface area contributed by atoms with Gasteiger partial charge in [-0.25, -0.2) is 0 Å². The highest BCUT2D eigenvalue weighted by atomic mass is 15.2. The second-order valence-corrected chi connectivity index (χ2v) is 4.62. The van der Waals surface area contributed by atoms with E-state index in [1.807, 2.05) is 18.3 Å². The Morgan fingerprint density at radius 1 is 1.41 bits per heavy atom. The Balaban J connectivity index is 2.68. The second-order valence-electron chi connectivity index (χ2n) is 4.62. The van der Waals surface area contributed by atoms with Crippen LogP contribution >= 0.6 is 0 Å². The van der Waals surface area contributed by atoms with Crippen molar-refractivity contribution in [1.82, 2.24) is 9.88 Å². The summed E-state index contributed by atoms with van der Waals surface area (Å²) in [5.74, 6) is 0. The zero-order valence-electron chi connectivity index (χ0n) is 11.3. The number of hydrogen-bond donors (Lipinski definition) is 1. The van der Waals surface area contributed by atoms with Gasteiger partial charge in [-0.1, -0.05) is 20.3 Å². The van der Waals surface area contributed by atoms with E-state index >= 15 is 0 Å². The molecule has 0 fully saturated rings. The minimum absolute atomic E-state index is 0.586. The number of unbranched alkanes of at least 4 members (excludes halogenated alkanes) is 1. The van der Waals surface area contributed by atoms with Gasteiger partial charge in [0.2, 0.25) is 0 Å². The molecule has 0 aliphatic rings. The van der Waals surface area contributed by atoms with Crippen LogP contribution in [0.3, 0.4) is 0 Å². The Morgan fingerprint density at radius 3 is 2.76 bits per heavy atom. The Labute approximate surface area is 105 Å². The SMILES string of the molecule is CCCCN(Cc1ncccc1N)C(C)CC. The van der Waals surface area contributed by atoms with E-state index in [1.54, 1.807) is 0 Å². The number of anilines is 1. The summed E-state index contributed by atoms with van der Waals surface area (Å²) in [6.07, 6.45) is 5.44. The van der Waals surface area contributed by atoms with Gasteiger partial charge in [-0.2, -0.15) is 0 Å². The standard InChI is InChI=1S/C14H25N3/c1-4-6-10-17(12(3)5-2)11-14-13(15)8-7-9-16-14/h7-9,12H,4-6,10-11,15H2,1-3H3. The minimum atomic E-state index is 0.586. The lowest BCUT2D eigenvalue weighted by molar-refractivity contribution is 0.190. The molecular weight excluding hydrogens is 210 g/mol. The van der Waals surface area contributed by atoms with E-state index in [2.05, 4.69) is 30.7 Å². The molecule has 0 aliphatic heterocycles. The van der Waals surface area contributed by atoms with Crippen molar-refractivity contribution < 1.29 is 0 Å². The lowest BCUT2D eigenvalue weighted by Crippen LogP contribution is -2.33. The molecule has 17 heavy (non-hydrogen) atoms. The third-order valence-corrected chi connectivity index (χ3v) is 3.29. The van der Waals surface area contributed by atoms with E-state index in [1.165, 1.54) is 12.8 Å². The van der Waals surface area contributed by atoms with Gasteiger partial charge >= 0.3 is 0 Å². The molecule has 1 unspecified atom stereocenters. The van der Waals surface area contributed by atoms with E-state index in [-0.39, 0.29) is 0 Å². The lowest BCUT2D eigenvalue weighted by Gasteiger charge is -2.28. The van der Waals surface area contributed by atoms with Gasteiger partial charge in [0.05, 0.1) is 11.4 Å². The average molecular weight is 235 g/mol. The van der Waals surface area contributed by atoms with Crippen LogP contribution in [0.1, 0.15) is 45.7 Å². The first kappa shape index (κ1) is 14.0. The van der Waals surface area contributed by atoms with Crippen LogP contribution in [0.4, 0.5) is 5.69 Å². The maximum Gasteiger partial charge on any atom is 0.0772 e. The lowest BCUT2D eigenvalue weighted by atomic mass is 10.1. The smallest absolute Gasteiger partial charge is 0.0772 e. The first-order chi connectivity index (χ1) is 8.19. The largest absolute Gasteiger partial charge is 0.397 e. The van der Waals surface area contributed by atoms with Crippen molar-refractivity contribution in [3.8, 4) is 0 Å². The quantitative estimate of drug-likeness (QED) is 0.789. The third-order valence-electron chi connectivity index (χ3n) is 3.29. The topological polar surface area (TPSA) is 42.2 Å². The third kappa shape index (κ3) is 4.35. The molecule has 1 heterocycles. The van der Waals surface area contributed by atoms with Gasteiger partial charge in [0.25, 0.3) is 0 Å². The fourth-order valence-corrected chi connectivity index (χ4v) is 1.85. The molecule has 0 spiro atoms. The van der Waals surface area contributed by atoms with Crippen LogP contribution in [0.25, 0.3) is 0 Å². The van der Waals surface area contributed by atoms with Gasteiger partial charge in [-0.3, -0.25) is 9.88 Å². The van der Waals surface area contributed by atoms with Crippen molar-refractivity contribution in [1.29, 1.82) is 0 Å². The molecule has 1 aromatic heterocycles. The van der Waals surface area contributed by atoms with Crippen molar-refractivity contribution in [3.63, 3.8) is 0 Å². The van der Waals surface area contributed by atoms with Gasteiger partial charge < -0.3 is 5.73 Å².